The number of aromatic nitrogens is 2. The van der Waals surface area contributed by atoms with Crippen LogP contribution in [0.4, 0.5) is 5.82 Å². The smallest absolute Gasteiger partial charge is 0.293 e. The Morgan fingerprint density at radius 2 is 2.47 bits per heavy atom. The van der Waals surface area contributed by atoms with Crippen LogP contribution in [0.1, 0.15) is 5.56 Å². The summed E-state index contributed by atoms with van der Waals surface area (Å²) in [5.41, 5.74) is 0.837. The molecular formula is C10H11N3O2. The fourth-order valence-corrected chi connectivity index (χ4v) is 1.20. The number of hydrogen-bond acceptors (Lipinski definition) is 4. The lowest BCUT2D eigenvalue weighted by Crippen LogP contribution is -2.21. The minimum absolute atomic E-state index is 0.138. The molecule has 0 aromatic carbocycles. The highest BCUT2D eigenvalue weighted by Crippen LogP contribution is 2.02. The van der Waals surface area contributed by atoms with E-state index in [1.807, 2.05) is 6.07 Å². The summed E-state index contributed by atoms with van der Waals surface area (Å²) in [6.07, 6.45) is 6.42. The molecule has 78 valence electrons. The van der Waals surface area contributed by atoms with Crippen molar-refractivity contribution >= 4 is 5.82 Å². The Bertz CT molecular complexity index is 488. The fraction of sp³-hybridized carbons (Fsp3) is 0.200. The maximum atomic E-state index is 11.5. The lowest BCUT2D eigenvalue weighted by atomic mass is 10.3. The first kappa shape index (κ1) is 9.51. The van der Waals surface area contributed by atoms with Gasteiger partial charge in [0.2, 0.25) is 0 Å². The summed E-state index contributed by atoms with van der Waals surface area (Å²) in [5, 5.41) is 2.95. The van der Waals surface area contributed by atoms with Crippen LogP contribution < -0.4 is 10.9 Å². The van der Waals surface area contributed by atoms with Crippen LogP contribution in [0, 0.1) is 0 Å². The zero-order valence-electron chi connectivity index (χ0n) is 8.30. The highest BCUT2D eigenvalue weighted by Gasteiger charge is 2.01. The zero-order chi connectivity index (χ0) is 10.7. The lowest BCUT2D eigenvalue weighted by Gasteiger charge is -2.03. The van der Waals surface area contributed by atoms with Gasteiger partial charge in [0.25, 0.3) is 5.56 Å². The highest BCUT2D eigenvalue weighted by atomic mass is 16.3. The fourth-order valence-electron chi connectivity index (χ4n) is 1.20. The Morgan fingerprint density at radius 1 is 1.60 bits per heavy atom. The van der Waals surface area contributed by atoms with Crippen LogP contribution in [-0.4, -0.2) is 9.55 Å². The molecular weight excluding hydrogens is 194 g/mol. The summed E-state index contributed by atoms with van der Waals surface area (Å²) in [6.45, 7) is 0.531. The molecule has 0 radical (unpaired) electrons. The van der Waals surface area contributed by atoms with Gasteiger partial charge in [-0.2, -0.15) is 0 Å². The number of anilines is 1. The zero-order valence-corrected chi connectivity index (χ0v) is 8.30. The lowest BCUT2D eigenvalue weighted by molar-refractivity contribution is 0.564. The quantitative estimate of drug-likeness (QED) is 0.811. The number of nitrogens with zero attached hydrogens (tertiary/aromatic N) is 2. The van der Waals surface area contributed by atoms with Gasteiger partial charge in [-0.25, -0.2) is 4.98 Å². The van der Waals surface area contributed by atoms with E-state index in [9.17, 15) is 4.79 Å². The second-order valence-electron chi connectivity index (χ2n) is 3.18. The summed E-state index contributed by atoms with van der Waals surface area (Å²) >= 11 is 0. The number of hydrogen-bond donors (Lipinski definition) is 1. The molecule has 0 fully saturated rings. The predicted molar refractivity (Wildman–Crippen MR) is 55.5 cm³/mol. The first-order valence-electron chi connectivity index (χ1n) is 4.54. The van der Waals surface area contributed by atoms with Crippen LogP contribution in [-0.2, 0) is 13.6 Å². The third kappa shape index (κ3) is 2.07. The van der Waals surface area contributed by atoms with E-state index in [1.165, 1.54) is 4.57 Å². The molecule has 1 N–H and O–H groups in total. The summed E-state index contributed by atoms with van der Waals surface area (Å²) < 4.78 is 6.39. The number of aryl methyl sites for hydroxylation is 1. The van der Waals surface area contributed by atoms with Crippen molar-refractivity contribution in [1.29, 1.82) is 0 Å². The van der Waals surface area contributed by atoms with Gasteiger partial charge < -0.3 is 14.3 Å². The minimum atomic E-state index is -0.138. The van der Waals surface area contributed by atoms with Gasteiger partial charge in [-0.15, -0.1) is 0 Å². The van der Waals surface area contributed by atoms with Gasteiger partial charge in [0.1, 0.15) is 0 Å². The first-order chi connectivity index (χ1) is 7.27. The molecule has 0 saturated carbocycles. The molecule has 15 heavy (non-hydrogen) atoms. The average molecular weight is 205 g/mol. The van der Waals surface area contributed by atoms with E-state index in [2.05, 4.69) is 10.3 Å². The van der Waals surface area contributed by atoms with E-state index in [-0.39, 0.29) is 5.56 Å². The molecule has 0 amide bonds. The Morgan fingerprint density at radius 3 is 3.20 bits per heavy atom. The minimum Gasteiger partial charge on any atom is -0.472 e. The molecule has 0 aliphatic heterocycles. The van der Waals surface area contributed by atoms with Crippen molar-refractivity contribution < 1.29 is 4.42 Å². The van der Waals surface area contributed by atoms with E-state index in [0.29, 0.717) is 12.4 Å². The molecule has 0 aliphatic rings. The molecule has 0 unspecified atom stereocenters. The Balaban J connectivity index is 2.12. The Kier molecular flexibility index (Phi) is 2.53. The van der Waals surface area contributed by atoms with Gasteiger partial charge in [-0.1, -0.05) is 0 Å². The van der Waals surface area contributed by atoms with Gasteiger partial charge in [0.15, 0.2) is 5.82 Å². The summed E-state index contributed by atoms with van der Waals surface area (Å²) in [7, 11) is 1.69. The van der Waals surface area contributed by atoms with E-state index in [4.69, 9.17) is 4.42 Å². The summed E-state index contributed by atoms with van der Waals surface area (Å²) in [6, 6.07) is 1.83. The van der Waals surface area contributed by atoms with Gasteiger partial charge in [-0.3, -0.25) is 4.79 Å². The van der Waals surface area contributed by atoms with E-state index < -0.39 is 0 Å². The van der Waals surface area contributed by atoms with Gasteiger partial charge in [0.05, 0.1) is 12.5 Å². The normalized spacial score (nSPS) is 10.2. The van der Waals surface area contributed by atoms with Crippen LogP contribution in [0.3, 0.4) is 0 Å². The molecule has 0 spiro atoms. The molecule has 5 nitrogen and oxygen atoms in total. The van der Waals surface area contributed by atoms with E-state index in [1.54, 1.807) is 32.0 Å². The largest absolute Gasteiger partial charge is 0.472 e. The Labute approximate surface area is 86.4 Å². The number of furan rings is 1. The summed E-state index contributed by atoms with van der Waals surface area (Å²) in [5.74, 6) is 0.348. The van der Waals surface area contributed by atoms with Crippen molar-refractivity contribution in [3.63, 3.8) is 0 Å². The maximum Gasteiger partial charge on any atom is 0.293 e. The first-order valence-corrected chi connectivity index (χ1v) is 4.54. The van der Waals surface area contributed by atoms with Crippen molar-refractivity contribution in [2.75, 3.05) is 5.32 Å². The van der Waals surface area contributed by atoms with Crippen molar-refractivity contribution in [2.24, 2.45) is 7.05 Å². The van der Waals surface area contributed by atoms with Gasteiger partial charge in [-0.05, 0) is 6.07 Å². The Hall–Kier alpha value is -2.04. The number of rotatable bonds is 3. The van der Waals surface area contributed by atoms with Crippen LogP contribution in [0.25, 0.3) is 0 Å². The number of nitrogens with one attached hydrogen (secondary N) is 1. The predicted octanol–water partition coefficient (Wildman–Crippen LogP) is 0.985. The maximum absolute atomic E-state index is 11.5. The van der Waals surface area contributed by atoms with Crippen molar-refractivity contribution in [2.45, 2.75) is 6.54 Å². The monoisotopic (exact) mass is 205 g/mol. The van der Waals surface area contributed by atoms with Crippen LogP contribution in [0.5, 0.6) is 0 Å². The highest BCUT2D eigenvalue weighted by molar-refractivity contribution is 5.31. The average Bonchev–Trinajstić information content (AvgIpc) is 2.73. The molecule has 0 bridgehead atoms. The van der Waals surface area contributed by atoms with Gasteiger partial charge >= 0.3 is 0 Å². The van der Waals surface area contributed by atoms with Gasteiger partial charge in [0, 0.05) is 31.5 Å². The van der Waals surface area contributed by atoms with E-state index >= 15 is 0 Å². The standard InChI is InChI=1S/C10H11N3O2/c1-13-4-3-11-9(10(13)14)12-6-8-2-5-15-7-8/h2-5,7H,6H2,1H3,(H,11,12). The van der Waals surface area contributed by atoms with Crippen LogP contribution in [0.2, 0.25) is 0 Å². The molecule has 2 aromatic rings. The molecule has 2 rings (SSSR count). The topological polar surface area (TPSA) is 60.1 Å². The third-order valence-electron chi connectivity index (χ3n) is 2.06. The SMILES string of the molecule is Cn1ccnc(NCc2ccoc2)c1=O. The third-order valence-corrected chi connectivity index (χ3v) is 2.06. The van der Waals surface area contributed by atoms with Crippen LogP contribution in [0.15, 0.2) is 40.2 Å². The van der Waals surface area contributed by atoms with Crippen molar-refractivity contribution in [1.82, 2.24) is 9.55 Å². The second kappa shape index (κ2) is 4.00. The van der Waals surface area contributed by atoms with E-state index in [0.717, 1.165) is 5.56 Å². The molecule has 0 aliphatic carbocycles. The molecule has 5 heteroatoms. The van der Waals surface area contributed by atoms with Crippen LogP contribution >= 0.6 is 0 Å². The summed E-state index contributed by atoms with van der Waals surface area (Å²) in [4.78, 5) is 15.5. The molecule has 2 heterocycles. The van der Waals surface area contributed by atoms with Crippen molar-refractivity contribution in [3.05, 3.63) is 46.9 Å². The van der Waals surface area contributed by atoms with Crippen molar-refractivity contribution in [3.8, 4) is 0 Å². The molecule has 2 aromatic heterocycles. The molecule has 0 saturated heterocycles. The molecule has 0 atom stereocenters. The second-order valence-corrected chi connectivity index (χ2v) is 3.18.